The predicted octanol–water partition coefficient (Wildman–Crippen LogP) is 2.27. The zero-order valence-corrected chi connectivity index (χ0v) is 13.6. The molecule has 0 saturated carbocycles. The highest BCUT2D eigenvalue weighted by molar-refractivity contribution is 6.04. The van der Waals surface area contributed by atoms with E-state index in [1.54, 1.807) is 11.0 Å². The average molecular weight is 322 g/mol. The molecule has 7 nitrogen and oxygen atoms in total. The Morgan fingerprint density at radius 2 is 2.12 bits per heavy atom. The Labute approximate surface area is 139 Å². The van der Waals surface area contributed by atoms with E-state index in [9.17, 15) is 0 Å². The molecule has 0 radical (unpaired) electrons. The van der Waals surface area contributed by atoms with Crippen LogP contribution in [0.2, 0.25) is 0 Å². The summed E-state index contributed by atoms with van der Waals surface area (Å²) in [5.74, 6) is 0. The number of aryl methyl sites for hydroxylation is 2. The summed E-state index contributed by atoms with van der Waals surface area (Å²) in [6.07, 6.45) is 3.93. The first kappa shape index (κ1) is 14.6. The van der Waals surface area contributed by atoms with Crippen molar-refractivity contribution in [1.29, 1.82) is 0 Å². The SMILES string of the molecule is Cc1cc(C)n(C[C@H]2CC(c3ccccc3-n3cncn3)=NO2)n1. The van der Waals surface area contributed by atoms with Crippen LogP contribution in [-0.2, 0) is 11.4 Å². The fourth-order valence-electron chi connectivity index (χ4n) is 2.99. The fraction of sp³-hybridized carbons (Fsp3) is 0.294. The molecule has 0 fully saturated rings. The normalized spacial score (nSPS) is 16.9. The first-order valence-electron chi connectivity index (χ1n) is 7.89. The number of rotatable bonds is 4. The maximum atomic E-state index is 5.64. The van der Waals surface area contributed by atoms with Gasteiger partial charge < -0.3 is 4.84 Å². The van der Waals surface area contributed by atoms with Crippen LogP contribution in [0, 0.1) is 13.8 Å². The van der Waals surface area contributed by atoms with Gasteiger partial charge in [-0.05, 0) is 26.0 Å². The molecule has 1 aromatic carbocycles. The lowest BCUT2D eigenvalue weighted by Gasteiger charge is -2.10. The standard InChI is InChI=1S/C17H18N6O/c1-12-7-13(2)22(20-12)9-14-8-16(21-24-14)15-5-3-4-6-17(15)23-11-18-10-19-23/h3-7,10-11,14H,8-9H2,1-2H3/t14-/m1/s1. The summed E-state index contributed by atoms with van der Waals surface area (Å²) < 4.78 is 3.72. The second-order valence-corrected chi connectivity index (χ2v) is 5.94. The van der Waals surface area contributed by atoms with Crippen molar-refractivity contribution in [3.63, 3.8) is 0 Å². The van der Waals surface area contributed by atoms with Crippen LogP contribution in [0.4, 0.5) is 0 Å². The highest BCUT2D eigenvalue weighted by Crippen LogP contribution is 2.22. The van der Waals surface area contributed by atoms with E-state index in [1.807, 2.05) is 35.9 Å². The molecule has 1 aliphatic heterocycles. The lowest BCUT2D eigenvalue weighted by atomic mass is 10.0. The van der Waals surface area contributed by atoms with Crippen molar-refractivity contribution in [3.05, 3.63) is 59.9 Å². The summed E-state index contributed by atoms with van der Waals surface area (Å²) in [5, 5.41) is 13.0. The maximum Gasteiger partial charge on any atom is 0.152 e. The summed E-state index contributed by atoms with van der Waals surface area (Å²) >= 11 is 0. The van der Waals surface area contributed by atoms with Crippen LogP contribution in [0.25, 0.3) is 5.69 Å². The Morgan fingerprint density at radius 1 is 1.25 bits per heavy atom. The molecule has 3 heterocycles. The Bertz CT molecular complexity index is 880. The molecule has 24 heavy (non-hydrogen) atoms. The molecule has 0 bridgehead atoms. The van der Waals surface area contributed by atoms with Gasteiger partial charge in [0, 0.05) is 17.7 Å². The largest absolute Gasteiger partial charge is 0.390 e. The van der Waals surface area contributed by atoms with Crippen LogP contribution in [0.1, 0.15) is 23.4 Å². The Hall–Kier alpha value is -2.96. The van der Waals surface area contributed by atoms with Gasteiger partial charge in [0.15, 0.2) is 6.10 Å². The second-order valence-electron chi connectivity index (χ2n) is 5.94. The minimum Gasteiger partial charge on any atom is -0.390 e. The number of hydrogen-bond donors (Lipinski definition) is 0. The van der Waals surface area contributed by atoms with E-state index in [0.29, 0.717) is 6.54 Å². The van der Waals surface area contributed by atoms with Crippen LogP contribution in [0.15, 0.2) is 48.1 Å². The molecule has 2 aromatic heterocycles. The Kier molecular flexibility index (Phi) is 3.60. The Morgan fingerprint density at radius 3 is 2.88 bits per heavy atom. The minimum atomic E-state index is -0.0122. The van der Waals surface area contributed by atoms with Crippen molar-refractivity contribution in [2.75, 3.05) is 0 Å². The maximum absolute atomic E-state index is 5.64. The van der Waals surface area contributed by atoms with Gasteiger partial charge in [0.05, 0.1) is 23.6 Å². The van der Waals surface area contributed by atoms with Gasteiger partial charge in [0.2, 0.25) is 0 Å². The third kappa shape index (κ3) is 2.68. The number of para-hydroxylation sites is 1. The van der Waals surface area contributed by atoms with Crippen molar-refractivity contribution in [3.8, 4) is 5.69 Å². The van der Waals surface area contributed by atoms with Crippen LogP contribution in [0.3, 0.4) is 0 Å². The van der Waals surface area contributed by atoms with Gasteiger partial charge in [-0.3, -0.25) is 4.68 Å². The molecule has 0 saturated heterocycles. The van der Waals surface area contributed by atoms with Gasteiger partial charge in [-0.2, -0.15) is 10.2 Å². The van der Waals surface area contributed by atoms with E-state index in [4.69, 9.17) is 4.84 Å². The molecule has 0 N–H and O–H groups in total. The van der Waals surface area contributed by atoms with Crippen molar-refractivity contribution >= 4 is 5.71 Å². The van der Waals surface area contributed by atoms with Crippen LogP contribution in [-0.4, -0.2) is 36.4 Å². The van der Waals surface area contributed by atoms with Crippen molar-refractivity contribution in [2.45, 2.75) is 32.9 Å². The summed E-state index contributed by atoms with van der Waals surface area (Å²) in [7, 11) is 0. The van der Waals surface area contributed by atoms with Crippen LogP contribution < -0.4 is 0 Å². The van der Waals surface area contributed by atoms with Crippen molar-refractivity contribution in [1.82, 2.24) is 24.5 Å². The molecule has 122 valence electrons. The van der Waals surface area contributed by atoms with Gasteiger partial charge in [-0.25, -0.2) is 9.67 Å². The molecular formula is C17H18N6O. The van der Waals surface area contributed by atoms with Gasteiger partial charge in [0.1, 0.15) is 12.7 Å². The summed E-state index contributed by atoms with van der Waals surface area (Å²) in [4.78, 5) is 9.66. The van der Waals surface area contributed by atoms with E-state index in [-0.39, 0.29) is 6.10 Å². The van der Waals surface area contributed by atoms with E-state index < -0.39 is 0 Å². The molecule has 0 aliphatic carbocycles. The molecule has 0 amide bonds. The zero-order valence-electron chi connectivity index (χ0n) is 13.6. The van der Waals surface area contributed by atoms with Crippen molar-refractivity contribution < 1.29 is 4.84 Å². The van der Waals surface area contributed by atoms with Gasteiger partial charge in [-0.15, -0.1) is 0 Å². The predicted molar refractivity (Wildman–Crippen MR) is 89.1 cm³/mol. The van der Waals surface area contributed by atoms with Crippen LogP contribution in [0.5, 0.6) is 0 Å². The highest BCUT2D eigenvalue weighted by atomic mass is 16.6. The Balaban J connectivity index is 1.54. The lowest BCUT2D eigenvalue weighted by Crippen LogP contribution is -2.19. The topological polar surface area (TPSA) is 70.1 Å². The molecule has 7 heteroatoms. The summed E-state index contributed by atoms with van der Waals surface area (Å²) in [5.41, 5.74) is 5.03. The van der Waals surface area contributed by atoms with E-state index in [0.717, 1.165) is 34.8 Å². The summed E-state index contributed by atoms with van der Waals surface area (Å²) in [6, 6.07) is 10.1. The minimum absolute atomic E-state index is 0.0122. The molecule has 4 rings (SSSR count). The lowest BCUT2D eigenvalue weighted by molar-refractivity contribution is 0.0692. The van der Waals surface area contributed by atoms with Crippen LogP contribution >= 0.6 is 0 Å². The third-order valence-corrected chi connectivity index (χ3v) is 4.09. The van der Waals surface area contributed by atoms with Gasteiger partial charge in [-0.1, -0.05) is 23.4 Å². The number of hydrogen-bond acceptors (Lipinski definition) is 5. The van der Waals surface area contributed by atoms with Gasteiger partial charge >= 0.3 is 0 Å². The molecule has 1 aliphatic rings. The molecule has 0 spiro atoms. The third-order valence-electron chi connectivity index (χ3n) is 4.09. The molecular weight excluding hydrogens is 304 g/mol. The van der Waals surface area contributed by atoms with Crippen molar-refractivity contribution in [2.24, 2.45) is 5.16 Å². The van der Waals surface area contributed by atoms with E-state index in [2.05, 4.69) is 33.3 Å². The second kappa shape index (κ2) is 5.92. The molecule has 3 aromatic rings. The first-order valence-corrected chi connectivity index (χ1v) is 7.89. The average Bonchev–Trinajstić information content (AvgIpc) is 3.30. The number of nitrogens with zero attached hydrogens (tertiary/aromatic N) is 6. The first-order chi connectivity index (χ1) is 11.7. The molecule has 1 atom stereocenters. The van der Waals surface area contributed by atoms with E-state index >= 15 is 0 Å². The van der Waals surface area contributed by atoms with Gasteiger partial charge in [0.25, 0.3) is 0 Å². The molecule has 0 unspecified atom stereocenters. The summed E-state index contributed by atoms with van der Waals surface area (Å²) in [6.45, 7) is 4.74. The monoisotopic (exact) mass is 322 g/mol. The number of oxime groups is 1. The van der Waals surface area contributed by atoms with E-state index in [1.165, 1.54) is 6.33 Å². The quantitative estimate of drug-likeness (QED) is 0.739. The number of aromatic nitrogens is 5. The fourth-order valence-corrected chi connectivity index (χ4v) is 2.99. The highest BCUT2D eigenvalue weighted by Gasteiger charge is 2.25. The smallest absolute Gasteiger partial charge is 0.152 e. The number of benzene rings is 1. The zero-order chi connectivity index (χ0) is 16.5.